The van der Waals surface area contributed by atoms with E-state index in [1.807, 2.05) is 6.92 Å². The zero-order valence-corrected chi connectivity index (χ0v) is 5.63. The second-order valence-corrected chi connectivity index (χ2v) is 2.60. The minimum absolute atomic E-state index is 0.0988. The summed E-state index contributed by atoms with van der Waals surface area (Å²) in [5.74, 6) is 0. The van der Waals surface area contributed by atoms with Crippen molar-refractivity contribution in [3.63, 3.8) is 0 Å². The maximum Gasteiger partial charge on any atom is 0.107 e. The van der Waals surface area contributed by atoms with Gasteiger partial charge in [-0.3, -0.25) is 0 Å². The van der Waals surface area contributed by atoms with Crippen LogP contribution >= 0.6 is 0 Å². The average Bonchev–Trinajstić information content (AvgIpc) is 2.40. The first-order valence-corrected chi connectivity index (χ1v) is 3.14. The molecule has 0 amide bonds. The first-order valence-electron chi connectivity index (χ1n) is 3.14. The van der Waals surface area contributed by atoms with Gasteiger partial charge < -0.3 is 9.84 Å². The molecular weight excluding hydrogens is 116 g/mol. The Kier molecular flexibility index (Phi) is 1.88. The van der Waals surface area contributed by atoms with Crippen molar-refractivity contribution < 1.29 is 9.84 Å². The van der Waals surface area contributed by atoms with Gasteiger partial charge in [0.25, 0.3) is 0 Å². The van der Waals surface area contributed by atoms with Crippen molar-refractivity contribution in [3.8, 4) is 0 Å². The topological polar surface area (TPSA) is 32.8 Å². The van der Waals surface area contributed by atoms with Gasteiger partial charge in [-0.25, -0.2) is 0 Å². The quantitative estimate of drug-likeness (QED) is 0.448. The summed E-state index contributed by atoms with van der Waals surface area (Å²) >= 11 is 0. The maximum atomic E-state index is 9.17. The molecule has 1 aliphatic heterocycles. The Morgan fingerprint density at radius 2 is 2.56 bits per heavy atom. The number of rotatable bonds is 3. The Balaban J connectivity index is 2.17. The van der Waals surface area contributed by atoms with Crippen LogP contribution in [0.15, 0.2) is 12.2 Å². The molecule has 1 N–H and O–H groups in total. The van der Waals surface area contributed by atoms with Crippen LogP contribution in [0.1, 0.15) is 13.3 Å². The molecule has 2 atom stereocenters. The van der Waals surface area contributed by atoms with E-state index >= 15 is 0 Å². The van der Waals surface area contributed by atoms with Crippen molar-refractivity contribution in [2.45, 2.75) is 25.6 Å². The fourth-order valence-electron chi connectivity index (χ4n) is 0.766. The fraction of sp³-hybridized carbons (Fsp3) is 0.714. The van der Waals surface area contributed by atoms with Gasteiger partial charge in [-0.15, -0.1) is 6.58 Å². The highest BCUT2D eigenvalue weighted by atomic mass is 16.6. The highest BCUT2D eigenvalue weighted by Crippen LogP contribution is 2.18. The molecule has 1 saturated heterocycles. The van der Waals surface area contributed by atoms with E-state index in [4.69, 9.17) is 4.74 Å². The molecule has 0 aromatic heterocycles. The summed E-state index contributed by atoms with van der Waals surface area (Å²) in [6.45, 7) is 6.31. The van der Waals surface area contributed by atoms with Crippen molar-refractivity contribution in [1.82, 2.24) is 0 Å². The molecule has 0 spiro atoms. The van der Waals surface area contributed by atoms with Gasteiger partial charge in [0.1, 0.15) is 6.10 Å². The zero-order chi connectivity index (χ0) is 6.85. The van der Waals surface area contributed by atoms with Crippen molar-refractivity contribution >= 4 is 0 Å². The van der Waals surface area contributed by atoms with Gasteiger partial charge in [-0.2, -0.15) is 0 Å². The van der Waals surface area contributed by atoms with Crippen LogP contribution in [0.4, 0.5) is 0 Å². The molecular formula is C7H12O2. The number of hydrogen-bond donors (Lipinski definition) is 1. The Bertz CT molecular complexity index is 116. The smallest absolute Gasteiger partial charge is 0.107 e. The third kappa shape index (κ3) is 2.16. The van der Waals surface area contributed by atoms with Crippen molar-refractivity contribution in [3.05, 3.63) is 12.2 Å². The summed E-state index contributed by atoms with van der Waals surface area (Å²) in [6, 6.07) is 0. The molecule has 9 heavy (non-hydrogen) atoms. The number of ether oxygens (including phenoxy) is 1. The molecule has 1 rings (SSSR count). The average molecular weight is 128 g/mol. The minimum Gasteiger partial charge on any atom is -0.390 e. The lowest BCUT2D eigenvalue weighted by molar-refractivity contribution is 0.135. The molecule has 1 heterocycles. The van der Waals surface area contributed by atoms with E-state index in [9.17, 15) is 5.11 Å². The second-order valence-electron chi connectivity index (χ2n) is 2.60. The van der Waals surface area contributed by atoms with E-state index in [0.29, 0.717) is 13.0 Å². The fourth-order valence-corrected chi connectivity index (χ4v) is 0.766. The molecule has 0 aliphatic carbocycles. The molecule has 0 aromatic carbocycles. The number of epoxide rings is 1. The van der Waals surface area contributed by atoms with Gasteiger partial charge in [0, 0.05) is 0 Å². The summed E-state index contributed by atoms with van der Waals surface area (Å²) < 4.78 is 4.88. The lowest BCUT2D eigenvalue weighted by atomic mass is 10.1. The van der Waals surface area contributed by atoms with E-state index in [-0.39, 0.29) is 12.2 Å². The van der Waals surface area contributed by atoms with Crippen LogP contribution in [0.2, 0.25) is 0 Å². The van der Waals surface area contributed by atoms with Crippen LogP contribution in [0.3, 0.4) is 0 Å². The van der Waals surface area contributed by atoms with Crippen LogP contribution < -0.4 is 0 Å². The van der Waals surface area contributed by atoms with Crippen LogP contribution in [0.25, 0.3) is 0 Å². The summed E-state index contributed by atoms with van der Waals surface area (Å²) in [7, 11) is 0. The Labute approximate surface area is 55.1 Å². The largest absolute Gasteiger partial charge is 0.390 e. The van der Waals surface area contributed by atoms with Crippen LogP contribution in [0.5, 0.6) is 0 Å². The standard InChI is InChI=1S/C7H12O2/c1-5(2)3-6(8)7-4-9-7/h6-8H,1,3-4H2,2H3. The van der Waals surface area contributed by atoms with E-state index in [0.717, 1.165) is 5.57 Å². The summed E-state index contributed by atoms with van der Waals surface area (Å²) in [4.78, 5) is 0. The predicted molar refractivity (Wildman–Crippen MR) is 35.2 cm³/mol. The van der Waals surface area contributed by atoms with Crippen molar-refractivity contribution in [2.75, 3.05) is 6.61 Å². The molecule has 2 heteroatoms. The lowest BCUT2D eigenvalue weighted by Gasteiger charge is -2.04. The van der Waals surface area contributed by atoms with E-state index in [1.165, 1.54) is 0 Å². The second kappa shape index (κ2) is 2.50. The molecule has 0 saturated carbocycles. The molecule has 1 fully saturated rings. The van der Waals surface area contributed by atoms with Crippen molar-refractivity contribution in [2.24, 2.45) is 0 Å². The summed E-state index contributed by atoms with van der Waals surface area (Å²) in [6.07, 6.45) is 0.453. The monoisotopic (exact) mass is 128 g/mol. The van der Waals surface area contributed by atoms with E-state index in [2.05, 4.69) is 6.58 Å². The number of aliphatic hydroxyl groups is 1. The van der Waals surface area contributed by atoms with Gasteiger partial charge in [0.05, 0.1) is 12.7 Å². The minimum atomic E-state index is -0.317. The molecule has 0 radical (unpaired) electrons. The van der Waals surface area contributed by atoms with Crippen LogP contribution in [0, 0.1) is 0 Å². The van der Waals surface area contributed by atoms with Crippen LogP contribution in [-0.2, 0) is 4.74 Å². The third-order valence-corrected chi connectivity index (χ3v) is 1.35. The normalized spacial score (nSPS) is 27.6. The first kappa shape index (κ1) is 6.78. The zero-order valence-electron chi connectivity index (χ0n) is 5.63. The van der Waals surface area contributed by atoms with Crippen molar-refractivity contribution in [1.29, 1.82) is 0 Å². The Morgan fingerprint density at radius 1 is 2.00 bits per heavy atom. The molecule has 2 nitrogen and oxygen atoms in total. The molecule has 1 aliphatic rings. The van der Waals surface area contributed by atoms with E-state index in [1.54, 1.807) is 0 Å². The van der Waals surface area contributed by atoms with Gasteiger partial charge in [-0.1, -0.05) is 5.57 Å². The number of aliphatic hydroxyl groups excluding tert-OH is 1. The molecule has 52 valence electrons. The van der Waals surface area contributed by atoms with Crippen LogP contribution in [-0.4, -0.2) is 23.9 Å². The molecule has 0 aromatic rings. The SMILES string of the molecule is C=C(C)CC(O)C1CO1. The maximum absolute atomic E-state index is 9.17. The Hall–Kier alpha value is -0.340. The van der Waals surface area contributed by atoms with Gasteiger partial charge >= 0.3 is 0 Å². The van der Waals surface area contributed by atoms with E-state index < -0.39 is 0 Å². The summed E-state index contributed by atoms with van der Waals surface area (Å²) in [5.41, 5.74) is 1.01. The highest BCUT2D eigenvalue weighted by molar-refractivity contribution is 4.94. The number of hydrogen-bond acceptors (Lipinski definition) is 2. The Morgan fingerprint density at radius 3 is 2.89 bits per heavy atom. The highest BCUT2D eigenvalue weighted by Gasteiger charge is 2.30. The summed E-state index contributed by atoms with van der Waals surface area (Å²) in [5, 5.41) is 9.17. The van der Waals surface area contributed by atoms with Gasteiger partial charge in [0.2, 0.25) is 0 Å². The lowest BCUT2D eigenvalue weighted by Crippen LogP contribution is -2.14. The molecule has 2 unspecified atom stereocenters. The van der Waals surface area contributed by atoms with Gasteiger partial charge in [0.15, 0.2) is 0 Å². The molecule has 0 bridgehead atoms. The predicted octanol–water partition coefficient (Wildman–Crippen LogP) is 0.712. The first-order chi connectivity index (χ1) is 4.20. The third-order valence-electron chi connectivity index (χ3n) is 1.35. The van der Waals surface area contributed by atoms with Gasteiger partial charge in [-0.05, 0) is 13.3 Å².